The fraction of sp³-hybridized carbons (Fsp3) is 0.714. The zero-order valence-corrected chi connectivity index (χ0v) is 13.1. The molecule has 21 heavy (non-hydrogen) atoms. The van der Waals surface area contributed by atoms with Crippen LogP contribution in [-0.4, -0.2) is 48.0 Å². The van der Waals surface area contributed by atoms with Gasteiger partial charge in [0, 0.05) is 38.9 Å². The molecule has 3 heterocycles. The van der Waals surface area contributed by atoms with E-state index >= 15 is 0 Å². The van der Waals surface area contributed by atoms with Crippen molar-refractivity contribution in [3.63, 3.8) is 0 Å². The van der Waals surface area contributed by atoms with Crippen LogP contribution in [0.1, 0.15) is 24.3 Å². The van der Waals surface area contributed by atoms with Gasteiger partial charge in [-0.2, -0.15) is 5.10 Å². The molecule has 2 aliphatic heterocycles. The number of hydrogen-bond donors (Lipinski definition) is 2. The second-order valence-electron chi connectivity index (χ2n) is 5.74. The molecule has 0 aliphatic carbocycles. The molecule has 2 aliphatic rings. The number of ether oxygens (including phenoxy) is 1. The molecular weight excluding hydrogens is 292 g/mol. The molecular formula is C14H23ClN4O2. The first kappa shape index (κ1) is 16.3. The number of nitrogens with one attached hydrogen (secondary N) is 2. The average Bonchev–Trinajstić information content (AvgIpc) is 3.08. The van der Waals surface area contributed by atoms with Gasteiger partial charge in [0.1, 0.15) is 0 Å². The number of carbonyl (C=O) groups is 1. The summed E-state index contributed by atoms with van der Waals surface area (Å²) in [7, 11) is 1.90. The van der Waals surface area contributed by atoms with Crippen molar-refractivity contribution in [1.82, 2.24) is 20.4 Å². The van der Waals surface area contributed by atoms with Crippen LogP contribution < -0.4 is 10.6 Å². The molecule has 2 N–H and O–H groups in total. The molecule has 2 saturated heterocycles. The van der Waals surface area contributed by atoms with Crippen LogP contribution >= 0.6 is 12.4 Å². The highest BCUT2D eigenvalue weighted by Crippen LogP contribution is 2.28. The highest BCUT2D eigenvalue weighted by Gasteiger charge is 2.35. The largest absolute Gasteiger partial charge is 0.379 e. The summed E-state index contributed by atoms with van der Waals surface area (Å²) in [5.74, 6) is 0.341. The zero-order chi connectivity index (χ0) is 13.9. The topological polar surface area (TPSA) is 68.2 Å². The van der Waals surface area contributed by atoms with Crippen LogP contribution in [0.2, 0.25) is 0 Å². The van der Waals surface area contributed by atoms with Crippen molar-refractivity contribution in [3.05, 3.63) is 18.0 Å². The smallest absolute Gasteiger partial charge is 0.225 e. The number of nitrogens with zero attached hydrogens (tertiary/aromatic N) is 2. The molecule has 6 nitrogen and oxygen atoms in total. The van der Waals surface area contributed by atoms with Gasteiger partial charge in [-0.1, -0.05) is 0 Å². The Balaban J connectivity index is 0.00000161. The predicted molar refractivity (Wildman–Crippen MR) is 81.5 cm³/mol. The van der Waals surface area contributed by atoms with E-state index in [0.717, 1.165) is 38.1 Å². The Labute approximate surface area is 131 Å². The maximum Gasteiger partial charge on any atom is 0.225 e. The van der Waals surface area contributed by atoms with E-state index in [-0.39, 0.29) is 36.2 Å². The molecule has 1 amide bonds. The Morgan fingerprint density at radius 2 is 2.38 bits per heavy atom. The normalized spacial score (nSPS) is 28.9. The molecule has 1 aromatic heterocycles. The third-order valence-electron chi connectivity index (χ3n) is 4.21. The lowest BCUT2D eigenvalue weighted by atomic mass is 9.90. The van der Waals surface area contributed by atoms with E-state index in [1.165, 1.54) is 0 Å². The Bertz CT molecular complexity index is 473. The van der Waals surface area contributed by atoms with Gasteiger partial charge in [-0.15, -0.1) is 12.4 Å². The number of amides is 1. The molecule has 0 aromatic carbocycles. The molecule has 1 unspecified atom stereocenters. The Kier molecular flexibility index (Phi) is 5.61. The molecule has 1 aromatic rings. The van der Waals surface area contributed by atoms with Gasteiger partial charge in [-0.25, -0.2) is 0 Å². The van der Waals surface area contributed by atoms with Crippen molar-refractivity contribution < 1.29 is 9.53 Å². The standard InChI is InChI=1S/C14H22N4O2.ClH/c1-18-8-10(5-16-18)12-6-15-7-13(12)14(19)17-11-3-2-4-20-9-11;/h5,8,11-13,15H,2-4,6-7,9H2,1H3,(H,17,19);1H/t11?,12-,13+;/m1./s1. The van der Waals surface area contributed by atoms with Gasteiger partial charge in [0.2, 0.25) is 5.91 Å². The van der Waals surface area contributed by atoms with E-state index in [1.54, 1.807) is 4.68 Å². The summed E-state index contributed by atoms with van der Waals surface area (Å²) >= 11 is 0. The Morgan fingerprint density at radius 3 is 3.05 bits per heavy atom. The lowest BCUT2D eigenvalue weighted by Gasteiger charge is -2.25. The van der Waals surface area contributed by atoms with Crippen molar-refractivity contribution in [2.24, 2.45) is 13.0 Å². The monoisotopic (exact) mass is 314 g/mol. The van der Waals surface area contributed by atoms with Crippen molar-refractivity contribution in [2.75, 3.05) is 26.3 Å². The van der Waals surface area contributed by atoms with Crippen molar-refractivity contribution in [3.8, 4) is 0 Å². The van der Waals surface area contributed by atoms with Crippen LogP contribution in [0.25, 0.3) is 0 Å². The third kappa shape index (κ3) is 3.75. The lowest BCUT2D eigenvalue weighted by molar-refractivity contribution is -0.126. The Hall–Kier alpha value is -1.11. The highest BCUT2D eigenvalue weighted by atomic mass is 35.5. The number of aromatic nitrogens is 2. The number of hydrogen-bond acceptors (Lipinski definition) is 4. The first-order chi connectivity index (χ1) is 9.74. The molecule has 3 rings (SSSR count). The minimum Gasteiger partial charge on any atom is -0.379 e. The van der Waals surface area contributed by atoms with Gasteiger partial charge < -0.3 is 15.4 Å². The number of rotatable bonds is 3. The van der Waals surface area contributed by atoms with E-state index in [9.17, 15) is 4.79 Å². The highest BCUT2D eigenvalue weighted by molar-refractivity contribution is 5.85. The van der Waals surface area contributed by atoms with E-state index in [0.29, 0.717) is 6.61 Å². The SMILES string of the molecule is Cl.Cn1cc([C@H]2CNC[C@@H]2C(=O)NC2CCCOC2)cn1. The van der Waals surface area contributed by atoms with Crippen LogP contribution in [-0.2, 0) is 16.6 Å². The molecule has 3 atom stereocenters. The molecule has 0 bridgehead atoms. The second kappa shape index (κ2) is 7.24. The number of carbonyl (C=O) groups excluding carboxylic acids is 1. The van der Waals surface area contributed by atoms with Gasteiger partial charge in [-0.3, -0.25) is 9.48 Å². The van der Waals surface area contributed by atoms with Gasteiger partial charge in [0.25, 0.3) is 0 Å². The van der Waals surface area contributed by atoms with E-state index < -0.39 is 0 Å². The van der Waals surface area contributed by atoms with E-state index in [1.807, 2.05) is 19.4 Å². The quantitative estimate of drug-likeness (QED) is 0.849. The fourth-order valence-corrected chi connectivity index (χ4v) is 3.10. The molecule has 0 radical (unpaired) electrons. The number of halogens is 1. The number of aryl methyl sites for hydroxylation is 1. The van der Waals surface area contributed by atoms with Crippen LogP contribution in [0.5, 0.6) is 0 Å². The van der Waals surface area contributed by atoms with Gasteiger partial charge in [-0.05, 0) is 18.4 Å². The maximum absolute atomic E-state index is 12.5. The summed E-state index contributed by atoms with van der Waals surface area (Å²) in [6.07, 6.45) is 5.91. The maximum atomic E-state index is 12.5. The first-order valence-electron chi connectivity index (χ1n) is 7.31. The van der Waals surface area contributed by atoms with E-state index in [2.05, 4.69) is 15.7 Å². The molecule has 0 spiro atoms. The minimum absolute atomic E-state index is 0. The summed E-state index contributed by atoms with van der Waals surface area (Å²) in [4.78, 5) is 12.5. The van der Waals surface area contributed by atoms with Crippen LogP contribution in [0, 0.1) is 5.92 Å². The van der Waals surface area contributed by atoms with Gasteiger partial charge in [0.15, 0.2) is 0 Å². The Morgan fingerprint density at radius 1 is 1.52 bits per heavy atom. The minimum atomic E-state index is -0.0128. The van der Waals surface area contributed by atoms with Crippen LogP contribution in [0.4, 0.5) is 0 Å². The lowest BCUT2D eigenvalue weighted by Crippen LogP contribution is -2.44. The molecule has 118 valence electrons. The van der Waals surface area contributed by atoms with Gasteiger partial charge in [0.05, 0.1) is 24.8 Å². The van der Waals surface area contributed by atoms with E-state index in [4.69, 9.17) is 4.74 Å². The third-order valence-corrected chi connectivity index (χ3v) is 4.21. The average molecular weight is 315 g/mol. The van der Waals surface area contributed by atoms with Crippen LogP contribution in [0.3, 0.4) is 0 Å². The first-order valence-corrected chi connectivity index (χ1v) is 7.31. The summed E-state index contributed by atoms with van der Waals surface area (Å²) in [6, 6.07) is 0.173. The molecule has 7 heteroatoms. The van der Waals surface area contributed by atoms with Crippen molar-refractivity contribution >= 4 is 18.3 Å². The summed E-state index contributed by atoms with van der Waals surface area (Å²) in [5, 5.41) is 10.7. The predicted octanol–water partition coefficient (Wildman–Crippen LogP) is 0.440. The van der Waals surface area contributed by atoms with Crippen LogP contribution in [0.15, 0.2) is 12.4 Å². The molecule has 2 fully saturated rings. The summed E-state index contributed by atoms with van der Waals surface area (Å²) < 4.78 is 7.21. The van der Waals surface area contributed by atoms with Gasteiger partial charge >= 0.3 is 0 Å². The summed E-state index contributed by atoms with van der Waals surface area (Å²) in [5.41, 5.74) is 1.14. The van der Waals surface area contributed by atoms with Crippen molar-refractivity contribution in [2.45, 2.75) is 24.8 Å². The molecule has 0 saturated carbocycles. The van der Waals surface area contributed by atoms with Crippen molar-refractivity contribution in [1.29, 1.82) is 0 Å². The fourth-order valence-electron chi connectivity index (χ4n) is 3.10. The summed E-state index contributed by atoms with van der Waals surface area (Å²) in [6.45, 7) is 3.03. The zero-order valence-electron chi connectivity index (χ0n) is 12.2. The second-order valence-corrected chi connectivity index (χ2v) is 5.74.